The van der Waals surface area contributed by atoms with Gasteiger partial charge in [-0.1, -0.05) is 20.8 Å². The van der Waals surface area contributed by atoms with E-state index >= 15 is 0 Å². The summed E-state index contributed by atoms with van der Waals surface area (Å²) in [6.07, 6.45) is 0.692. The molecule has 1 heterocycles. The quantitative estimate of drug-likeness (QED) is 0.601. The van der Waals surface area contributed by atoms with Crippen LogP contribution in [0.15, 0.2) is 4.42 Å². The van der Waals surface area contributed by atoms with Crippen molar-refractivity contribution >= 4 is 6.29 Å². The van der Waals surface area contributed by atoms with E-state index in [1.807, 2.05) is 20.8 Å². The summed E-state index contributed by atoms with van der Waals surface area (Å²) in [7, 11) is 0. The Morgan fingerprint density at radius 2 is 2.00 bits per heavy atom. The average Bonchev–Trinajstić information content (AvgIpc) is 2.29. The maximum Gasteiger partial charge on any atom is 0.200 e. The molecular formula is C9H13NO2. The maximum absolute atomic E-state index is 10.4. The lowest BCUT2D eigenvalue weighted by molar-refractivity contribution is 0.109. The number of nitrogens with zero attached hydrogens (tertiary/aromatic N) is 1. The van der Waals surface area contributed by atoms with Gasteiger partial charge >= 0.3 is 0 Å². The van der Waals surface area contributed by atoms with E-state index in [0.29, 0.717) is 23.6 Å². The fraction of sp³-hybridized carbons (Fsp3) is 0.556. The molecule has 0 aliphatic carbocycles. The van der Waals surface area contributed by atoms with Gasteiger partial charge < -0.3 is 4.42 Å². The zero-order valence-corrected chi connectivity index (χ0v) is 7.84. The van der Waals surface area contributed by atoms with Gasteiger partial charge in [-0.2, -0.15) is 0 Å². The Bertz CT molecular complexity index is 294. The first-order chi connectivity index (χ1) is 5.45. The summed E-state index contributed by atoms with van der Waals surface area (Å²) < 4.78 is 5.25. The van der Waals surface area contributed by atoms with Crippen LogP contribution in [0.1, 0.15) is 42.9 Å². The van der Waals surface area contributed by atoms with Gasteiger partial charge in [-0.05, 0) is 6.92 Å². The van der Waals surface area contributed by atoms with Gasteiger partial charge in [0.1, 0.15) is 0 Å². The molecule has 0 saturated carbocycles. The van der Waals surface area contributed by atoms with Gasteiger partial charge in [0.2, 0.25) is 5.89 Å². The molecule has 0 unspecified atom stereocenters. The number of aryl methyl sites for hydroxylation is 1. The second-order valence-corrected chi connectivity index (χ2v) is 3.84. The smallest absolute Gasteiger partial charge is 0.200 e. The predicted octanol–water partition coefficient (Wildman–Crippen LogP) is 2.09. The van der Waals surface area contributed by atoms with E-state index in [9.17, 15) is 4.79 Å². The fourth-order valence-electron chi connectivity index (χ4n) is 0.838. The highest BCUT2D eigenvalue weighted by atomic mass is 16.4. The van der Waals surface area contributed by atoms with Crippen molar-refractivity contribution in [1.82, 2.24) is 4.98 Å². The molecule has 1 aromatic heterocycles. The van der Waals surface area contributed by atoms with E-state index in [2.05, 4.69) is 4.98 Å². The number of aldehydes is 1. The van der Waals surface area contributed by atoms with Gasteiger partial charge in [-0.25, -0.2) is 4.98 Å². The summed E-state index contributed by atoms with van der Waals surface area (Å²) in [5, 5.41) is 0. The number of carbonyl (C=O) groups excluding carboxylic acids is 1. The van der Waals surface area contributed by atoms with E-state index in [-0.39, 0.29) is 5.41 Å². The summed E-state index contributed by atoms with van der Waals surface area (Å²) in [4.78, 5) is 14.6. The second-order valence-electron chi connectivity index (χ2n) is 3.84. The molecule has 3 heteroatoms. The lowest BCUT2D eigenvalue weighted by atomic mass is 9.97. The van der Waals surface area contributed by atoms with Crippen LogP contribution >= 0.6 is 0 Å². The predicted molar refractivity (Wildman–Crippen MR) is 45.3 cm³/mol. The van der Waals surface area contributed by atoms with E-state index in [4.69, 9.17) is 4.42 Å². The summed E-state index contributed by atoms with van der Waals surface area (Å²) >= 11 is 0. The van der Waals surface area contributed by atoms with Crippen LogP contribution < -0.4 is 0 Å². The van der Waals surface area contributed by atoms with Crippen molar-refractivity contribution in [2.24, 2.45) is 0 Å². The van der Waals surface area contributed by atoms with Gasteiger partial charge in [0.15, 0.2) is 12.0 Å². The van der Waals surface area contributed by atoms with Crippen LogP contribution in [0, 0.1) is 6.92 Å². The van der Waals surface area contributed by atoms with Crippen molar-refractivity contribution in [3.05, 3.63) is 17.3 Å². The molecule has 0 bridgehead atoms. The molecule has 0 fully saturated rings. The van der Waals surface area contributed by atoms with Crippen molar-refractivity contribution < 1.29 is 9.21 Å². The summed E-state index contributed by atoms with van der Waals surface area (Å²) in [6, 6.07) is 0. The molecule has 0 aliphatic heterocycles. The van der Waals surface area contributed by atoms with Crippen LogP contribution in [0.25, 0.3) is 0 Å². The van der Waals surface area contributed by atoms with Crippen molar-refractivity contribution in [3.63, 3.8) is 0 Å². The van der Waals surface area contributed by atoms with Gasteiger partial charge in [0.25, 0.3) is 0 Å². The Labute approximate surface area is 71.8 Å². The summed E-state index contributed by atoms with van der Waals surface area (Å²) in [5.41, 5.74) is 0.529. The number of carbonyl (C=O) groups is 1. The van der Waals surface area contributed by atoms with Crippen LogP contribution in [0.5, 0.6) is 0 Å². The molecule has 0 radical (unpaired) electrons. The highest BCUT2D eigenvalue weighted by molar-refractivity contribution is 5.71. The number of rotatable bonds is 1. The molecule has 0 saturated heterocycles. The zero-order valence-electron chi connectivity index (χ0n) is 7.84. The Morgan fingerprint density at radius 3 is 2.25 bits per heavy atom. The normalized spacial score (nSPS) is 11.7. The first-order valence-electron chi connectivity index (χ1n) is 3.88. The number of aromatic nitrogens is 1. The molecule has 0 aliphatic rings. The summed E-state index contributed by atoms with van der Waals surface area (Å²) in [6.45, 7) is 7.75. The van der Waals surface area contributed by atoms with Crippen LogP contribution in [0.2, 0.25) is 0 Å². The molecule has 0 spiro atoms. The maximum atomic E-state index is 10.4. The van der Waals surface area contributed by atoms with Gasteiger partial charge in [-0.15, -0.1) is 0 Å². The minimum absolute atomic E-state index is 0.133. The first-order valence-corrected chi connectivity index (χ1v) is 3.88. The van der Waals surface area contributed by atoms with E-state index < -0.39 is 0 Å². The number of hydrogen-bond acceptors (Lipinski definition) is 3. The van der Waals surface area contributed by atoms with Gasteiger partial charge in [0, 0.05) is 5.41 Å². The molecule has 1 rings (SSSR count). The first kappa shape index (κ1) is 8.97. The third-order valence-electron chi connectivity index (χ3n) is 1.58. The molecule has 3 nitrogen and oxygen atoms in total. The molecule has 1 aromatic rings. The lowest BCUT2D eigenvalue weighted by Gasteiger charge is -2.11. The van der Waals surface area contributed by atoms with E-state index in [1.54, 1.807) is 6.92 Å². The summed E-state index contributed by atoms with van der Waals surface area (Å²) in [5.74, 6) is 0.946. The largest absolute Gasteiger partial charge is 0.437 e. The standard InChI is InChI=1S/C9H13NO2/c1-6-7(5-11)12-8(10-6)9(2,3)4/h5H,1-4H3. The molecule has 0 atom stereocenters. The van der Waals surface area contributed by atoms with Crippen molar-refractivity contribution in [2.45, 2.75) is 33.1 Å². The van der Waals surface area contributed by atoms with Crippen molar-refractivity contribution in [1.29, 1.82) is 0 Å². The molecule has 12 heavy (non-hydrogen) atoms. The van der Waals surface area contributed by atoms with Crippen LogP contribution in [-0.2, 0) is 5.41 Å². The number of oxazole rings is 1. The van der Waals surface area contributed by atoms with Crippen LogP contribution in [-0.4, -0.2) is 11.3 Å². The number of hydrogen-bond donors (Lipinski definition) is 0. The molecule has 0 aromatic carbocycles. The average molecular weight is 167 g/mol. The lowest BCUT2D eigenvalue weighted by Crippen LogP contribution is -2.11. The van der Waals surface area contributed by atoms with Crippen molar-refractivity contribution in [3.8, 4) is 0 Å². The Balaban J connectivity index is 3.13. The second kappa shape index (κ2) is 2.73. The topological polar surface area (TPSA) is 43.1 Å². The minimum atomic E-state index is -0.133. The third-order valence-corrected chi connectivity index (χ3v) is 1.58. The third kappa shape index (κ3) is 1.55. The van der Waals surface area contributed by atoms with Crippen molar-refractivity contribution in [2.75, 3.05) is 0 Å². The molecule has 66 valence electrons. The molecule has 0 amide bonds. The van der Waals surface area contributed by atoms with E-state index in [1.165, 1.54) is 0 Å². The van der Waals surface area contributed by atoms with Crippen LogP contribution in [0.4, 0.5) is 0 Å². The van der Waals surface area contributed by atoms with Gasteiger partial charge in [0.05, 0.1) is 5.69 Å². The zero-order chi connectivity index (χ0) is 9.35. The van der Waals surface area contributed by atoms with E-state index in [0.717, 1.165) is 0 Å². The fourth-order valence-corrected chi connectivity index (χ4v) is 0.838. The Morgan fingerprint density at radius 1 is 1.42 bits per heavy atom. The Kier molecular flexibility index (Phi) is 2.04. The van der Waals surface area contributed by atoms with Crippen LogP contribution in [0.3, 0.4) is 0 Å². The minimum Gasteiger partial charge on any atom is -0.437 e. The molecule has 0 N–H and O–H groups in total. The van der Waals surface area contributed by atoms with Gasteiger partial charge in [-0.3, -0.25) is 4.79 Å². The Hall–Kier alpha value is -1.12. The molecular weight excluding hydrogens is 154 g/mol. The monoisotopic (exact) mass is 167 g/mol. The SMILES string of the molecule is Cc1nc(C(C)(C)C)oc1C=O. The highest BCUT2D eigenvalue weighted by Crippen LogP contribution is 2.22. The highest BCUT2D eigenvalue weighted by Gasteiger charge is 2.21.